The lowest BCUT2D eigenvalue weighted by atomic mass is 10.1. The molecule has 0 spiro atoms. The molecule has 3 rings (SSSR count). The van der Waals surface area contributed by atoms with Gasteiger partial charge in [-0.2, -0.15) is 0 Å². The molecule has 0 saturated carbocycles. The predicted molar refractivity (Wildman–Crippen MR) is 113 cm³/mol. The molecule has 1 unspecified atom stereocenters. The van der Waals surface area contributed by atoms with Crippen LogP contribution < -0.4 is 19.7 Å². The van der Waals surface area contributed by atoms with Crippen molar-refractivity contribution in [1.29, 1.82) is 0 Å². The maximum atomic E-state index is 12.6. The number of benzene rings is 2. The van der Waals surface area contributed by atoms with Crippen molar-refractivity contribution < 1.29 is 23.9 Å². The first-order chi connectivity index (χ1) is 14.4. The SMILES string of the molecule is CCC(C)NC(=O)CN1C(=O)COc2ccc(C(=O)COc3ccc(Cl)cc3)cc21. The number of rotatable bonds is 8. The molecule has 0 radical (unpaired) electrons. The quantitative estimate of drug-likeness (QED) is 0.650. The highest BCUT2D eigenvalue weighted by Crippen LogP contribution is 2.33. The van der Waals surface area contributed by atoms with Crippen LogP contribution in [0.3, 0.4) is 0 Å². The number of amides is 2. The number of Topliss-reactive ketones (excluding diaryl/α,β-unsaturated/α-hetero) is 1. The zero-order chi connectivity index (χ0) is 21.7. The van der Waals surface area contributed by atoms with E-state index in [0.29, 0.717) is 27.8 Å². The van der Waals surface area contributed by atoms with Gasteiger partial charge in [0.2, 0.25) is 5.91 Å². The normalized spacial score (nSPS) is 13.8. The number of nitrogens with zero attached hydrogens (tertiary/aromatic N) is 1. The monoisotopic (exact) mass is 430 g/mol. The third kappa shape index (κ3) is 5.30. The van der Waals surface area contributed by atoms with Crippen LogP contribution >= 0.6 is 11.6 Å². The van der Waals surface area contributed by atoms with Crippen LogP contribution in [0.15, 0.2) is 42.5 Å². The zero-order valence-corrected chi connectivity index (χ0v) is 17.6. The molecule has 0 saturated heterocycles. The lowest BCUT2D eigenvalue weighted by Crippen LogP contribution is -2.46. The van der Waals surface area contributed by atoms with Crippen molar-refractivity contribution in [3.8, 4) is 11.5 Å². The van der Waals surface area contributed by atoms with E-state index in [1.54, 1.807) is 42.5 Å². The van der Waals surface area contributed by atoms with Crippen molar-refractivity contribution in [3.05, 3.63) is 53.1 Å². The molecular weight excluding hydrogens is 408 g/mol. The fraction of sp³-hybridized carbons (Fsp3) is 0.318. The van der Waals surface area contributed by atoms with Crippen LogP contribution in [0.25, 0.3) is 0 Å². The summed E-state index contributed by atoms with van der Waals surface area (Å²) in [6.45, 7) is 3.38. The molecule has 30 heavy (non-hydrogen) atoms. The first kappa shape index (κ1) is 21.6. The fourth-order valence-electron chi connectivity index (χ4n) is 2.88. The van der Waals surface area contributed by atoms with E-state index in [-0.39, 0.29) is 43.4 Å². The predicted octanol–water partition coefficient (Wildman–Crippen LogP) is 3.24. The van der Waals surface area contributed by atoms with Crippen LogP contribution in [-0.4, -0.2) is 43.4 Å². The van der Waals surface area contributed by atoms with Gasteiger partial charge in [0.15, 0.2) is 19.0 Å². The van der Waals surface area contributed by atoms with Gasteiger partial charge in [-0.25, -0.2) is 0 Å². The van der Waals surface area contributed by atoms with Gasteiger partial charge in [-0.1, -0.05) is 18.5 Å². The van der Waals surface area contributed by atoms with Crippen molar-refractivity contribution in [1.82, 2.24) is 5.32 Å². The largest absolute Gasteiger partial charge is 0.485 e. The molecule has 2 amide bonds. The van der Waals surface area contributed by atoms with E-state index in [0.717, 1.165) is 6.42 Å². The summed E-state index contributed by atoms with van der Waals surface area (Å²) >= 11 is 5.84. The molecule has 1 aliphatic heterocycles. The van der Waals surface area contributed by atoms with Crippen LogP contribution in [0, 0.1) is 0 Å². The van der Waals surface area contributed by atoms with E-state index in [4.69, 9.17) is 21.1 Å². The van der Waals surface area contributed by atoms with Crippen LogP contribution in [0.4, 0.5) is 5.69 Å². The Hall–Kier alpha value is -3.06. The second kappa shape index (κ2) is 9.63. The average molecular weight is 431 g/mol. The highest BCUT2D eigenvalue weighted by Gasteiger charge is 2.28. The molecule has 2 aromatic carbocycles. The van der Waals surface area contributed by atoms with Crippen molar-refractivity contribution in [2.24, 2.45) is 0 Å². The lowest BCUT2D eigenvalue weighted by molar-refractivity contribution is -0.125. The molecule has 0 bridgehead atoms. The van der Waals surface area contributed by atoms with E-state index in [9.17, 15) is 14.4 Å². The van der Waals surface area contributed by atoms with Gasteiger partial charge in [0, 0.05) is 16.6 Å². The van der Waals surface area contributed by atoms with E-state index in [2.05, 4.69) is 5.32 Å². The average Bonchev–Trinajstić information content (AvgIpc) is 2.74. The van der Waals surface area contributed by atoms with E-state index >= 15 is 0 Å². The van der Waals surface area contributed by atoms with Gasteiger partial charge >= 0.3 is 0 Å². The molecule has 1 atom stereocenters. The van der Waals surface area contributed by atoms with Crippen molar-refractivity contribution in [3.63, 3.8) is 0 Å². The zero-order valence-electron chi connectivity index (χ0n) is 16.8. The highest BCUT2D eigenvalue weighted by molar-refractivity contribution is 6.30. The summed E-state index contributed by atoms with van der Waals surface area (Å²) in [7, 11) is 0. The van der Waals surface area contributed by atoms with Gasteiger partial charge in [0.25, 0.3) is 5.91 Å². The second-order valence-corrected chi connectivity index (χ2v) is 7.43. The molecule has 1 heterocycles. The third-order valence-electron chi connectivity index (χ3n) is 4.73. The van der Waals surface area contributed by atoms with Crippen LogP contribution in [0.2, 0.25) is 5.02 Å². The molecule has 0 fully saturated rings. The molecule has 1 N–H and O–H groups in total. The fourth-order valence-corrected chi connectivity index (χ4v) is 3.00. The number of ketones is 1. The van der Waals surface area contributed by atoms with Gasteiger partial charge in [0.05, 0.1) is 5.69 Å². The molecule has 0 aromatic heterocycles. The first-order valence-electron chi connectivity index (χ1n) is 9.65. The number of hydrogen-bond acceptors (Lipinski definition) is 5. The number of ether oxygens (including phenoxy) is 2. The number of anilines is 1. The third-order valence-corrected chi connectivity index (χ3v) is 4.98. The molecule has 2 aromatic rings. The minimum atomic E-state index is -0.344. The van der Waals surface area contributed by atoms with Crippen molar-refractivity contribution >= 4 is 34.9 Å². The number of carbonyl (C=O) groups excluding carboxylic acids is 3. The van der Waals surface area contributed by atoms with Crippen LogP contribution in [-0.2, 0) is 9.59 Å². The summed E-state index contributed by atoms with van der Waals surface area (Å²) < 4.78 is 11.0. The van der Waals surface area contributed by atoms with Gasteiger partial charge in [-0.3, -0.25) is 19.3 Å². The number of nitrogens with one attached hydrogen (secondary N) is 1. The number of hydrogen-bond donors (Lipinski definition) is 1. The topological polar surface area (TPSA) is 84.9 Å². The van der Waals surface area contributed by atoms with Gasteiger partial charge in [-0.05, 0) is 55.8 Å². The summed E-state index contributed by atoms with van der Waals surface area (Å²) in [5, 5.41) is 3.41. The summed E-state index contributed by atoms with van der Waals surface area (Å²) in [5.41, 5.74) is 0.747. The van der Waals surface area contributed by atoms with Crippen molar-refractivity contribution in [2.45, 2.75) is 26.3 Å². The van der Waals surface area contributed by atoms with E-state index in [1.807, 2.05) is 13.8 Å². The molecule has 0 aliphatic carbocycles. The van der Waals surface area contributed by atoms with Gasteiger partial charge < -0.3 is 14.8 Å². The Labute approximate surface area is 179 Å². The van der Waals surface area contributed by atoms with Gasteiger partial charge in [0.1, 0.15) is 18.0 Å². The Bertz CT molecular complexity index is 945. The Balaban J connectivity index is 1.73. The Morgan fingerprint density at radius 1 is 1.23 bits per heavy atom. The number of fused-ring (bicyclic) bond motifs is 1. The van der Waals surface area contributed by atoms with E-state index in [1.165, 1.54) is 4.90 Å². The summed E-state index contributed by atoms with van der Waals surface area (Å²) in [4.78, 5) is 38.6. The first-order valence-corrected chi connectivity index (χ1v) is 10.0. The molecule has 8 heteroatoms. The van der Waals surface area contributed by atoms with E-state index < -0.39 is 0 Å². The Morgan fingerprint density at radius 2 is 1.97 bits per heavy atom. The molecule has 7 nitrogen and oxygen atoms in total. The molecular formula is C22H23ClN2O5. The minimum absolute atomic E-state index is 0.00559. The Kier molecular flexibility index (Phi) is 6.95. The van der Waals surface area contributed by atoms with Gasteiger partial charge in [-0.15, -0.1) is 0 Å². The maximum Gasteiger partial charge on any atom is 0.265 e. The van der Waals surface area contributed by atoms with Crippen molar-refractivity contribution in [2.75, 3.05) is 24.7 Å². The summed E-state index contributed by atoms with van der Waals surface area (Å²) in [6, 6.07) is 11.5. The highest BCUT2D eigenvalue weighted by atomic mass is 35.5. The lowest BCUT2D eigenvalue weighted by Gasteiger charge is -2.29. The van der Waals surface area contributed by atoms with Crippen LogP contribution in [0.5, 0.6) is 11.5 Å². The molecule has 1 aliphatic rings. The number of halogens is 1. The summed E-state index contributed by atoms with van der Waals surface area (Å²) in [6.07, 6.45) is 0.783. The standard InChI is InChI=1S/C22H23ClN2O5/c1-3-14(2)24-21(27)11-25-18-10-15(4-9-20(18)30-13-22(25)28)19(26)12-29-17-7-5-16(23)6-8-17/h4-10,14H,3,11-13H2,1-2H3,(H,24,27). The smallest absolute Gasteiger partial charge is 0.265 e. The number of carbonyl (C=O) groups is 3. The second-order valence-electron chi connectivity index (χ2n) is 6.99. The maximum absolute atomic E-state index is 12.6. The summed E-state index contributed by atoms with van der Waals surface area (Å²) in [5.74, 6) is 0.0839. The Morgan fingerprint density at radius 3 is 2.67 bits per heavy atom. The molecule has 158 valence electrons. The minimum Gasteiger partial charge on any atom is -0.485 e. The van der Waals surface area contributed by atoms with Crippen LogP contribution in [0.1, 0.15) is 30.6 Å².